The number of anilines is 1. The third-order valence-electron chi connectivity index (χ3n) is 4.79. The molecule has 0 aliphatic carbocycles. The van der Waals surface area contributed by atoms with Crippen molar-refractivity contribution >= 4 is 34.1 Å². The number of fused-ring (bicyclic) bond motifs is 1. The molecule has 4 rings (SSSR count). The molecule has 30 heavy (non-hydrogen) atoms. The molecule has 1 aromatic heterocycles. The monoisotopic (exact) mass is 420 g/mol. The lowest BCUT2D eigenvalue weighted by molar-refractivity contribution is -0.115. The molecule has 1 heterocycles. The van der Waals surface area contributed by atoms with Gasteiger partial charge < -0.3 is 14.9 Å². The van der Waals surface area contributed by atoms with Gasteiger partial charge in [0.05, 0.1) is 29.8 Å². The number of para-hydroxylation sites is 2. The molecule has 1 amide bonds. The Kier molecular flexibility index (Phi) is 5.91. The first-order valence-corrected chi connectivity index (χ1v) is 9.91. The van der Waals surface area contributed by atoms with Crippen molar-refractivity contribution in [1.29, 1.82) is 0 Å². The number of carbonyl (C=O) groups is 1. The van der Waals surface area contributed by atoms with Crippen LogP contribution >= 0.6 is 11.6 Å². The minimum Gasteiger partial charge on any atom is -0.497 e. The molecule has 0 fully saturated rings. The number of rotatable bonds is 7. The number of benzene rings is 3. The summed E-state index contributed by atoms with van der Waals surface area (Å²) in [5, 5.41) is 4.35. The highest BCUT2D eigenvalue weighted by atomic mass is 35.5. The van der Waals surface area contributed by atoms with Gasteiger partial charge in [0, 0.05) is 11.6 Å². The van der Waals surface area contributed by atoms with E-state index in [4.69, 9.17) is 21.2 Å². The first-order valence-electron chi connectivity index (χ1n) is 9.53. The topological polar surface area (TPSA) is 52.5 Å². The molecule has 6 heteroatoms. The van der Waals surface area contributed by atoms with E-state index in [1.807, 2.05) is 66.9 Å². The second-order valence-corrected chi connectivity index (χ2v) is 7.23. The van der Waals surface area contributed by atoms with Gasteiger partial charge in [-0.3, -0.25) is 4.79 Å². The summed E-state index contributed by atoms with van der Waals surface area (Å²) in [5.74, 6) is 0.665. The van der Waals surface area contributed by atoms with E-state index in [0.29, 0.717) is 17.3 Å². The van der Waals surface area contributed by atoms with Crippen molar-refractivity contribution < 1.29 is 14.4 Å². The maximum atomic E-state index is 12.6. The van der Waals surface area contributed by atoms with E-state index < -0.39 is 0 Å². The highest BCUT2D eigenvalue weighted by molar-refractivity contribution is 6.33. The molecule has 5 nitrogen and oxygen atoms in total. The molecule has 3 aromatic carbocycles. The van der Waals surface area contributed by atoms with Crippen LogP contribution in [0.3, 0.4) is 0 Å². The summed E-state index contributed by atoms with van der Waals surface area (Å²) in [7, 11) is 1.64. The molecule has 0 atom stereocenters. The molecule has 0 spiro atoms. The van der Waals surface area contributed by atoms with Crippen molar-refractivity contribution in [3.05, 3.63) is 95.1 Å². The molecule has 4 aromatic rings. The smallest absolute Gasteiger partial charge is 0.228 e. The number of hydrogen-bond donors (Lipinski definition) is 1. The number of ether oxygens (including phenoxy) is 1. The predicted octanol–water partition coefficient (Wildman–Crippen LogP) is 5.11. The minimum absolute atomic E-state index is 0.138. The van der Waals surface area contributed by atoms with Crippen molar-refractivity contribution in [2.75, 3.05) is 12.4 Å². The van der Waals surface area contributed by atoms with Crippen molar-refractivity contribution in [3.63, 3.8) is 0 Å². The van der Waals surface area contributed by atoms with Gasteiger partial charge in [-0.25, -0.2) is 0 Å². The van der Waals surface area contributed by atoms with Crippen LogP contribution in [0.1, 0.15) is 11.1 Å². The molecule has 0 aliphatic rings. The molecule has 0 bridgehead atoms. The van der Waals surface area contributed by atoms with Gasteiger partial charge in [0.2, 0.25) is 5.91 Å². The zero-order chi connectivity index (χ0) is 20.9. The van der Waals surface area contributed by atoms with Gasteiger partial charge in [0.1, 0.15) is 12.4 Å². The molecule has 0 aliphatic heterocycles. The molecular weight excluding hydrogens is 400 g/mol. The highest BCUT2D eigenvalue weighted by Gasteiger charge is 2.13. The third-order valence-corrected chi connectivity index (χ3v) is 5.12. The fraction of sp³-hybridized carbons (Fsp3) is 0.125. The first kappa shape index (κ1) is 19.9. The molecule has 1 N–H and O–H groups in total. The van der Waals surface area contributed by atoms with Crippen LogP contribution in [-0.2, 0) is 17.8 Å². The normalized spacial score (nSPS) is 10.7. The molecule has 0 saturated heterocycles. The standard InChI is InChI=1S/C24H21ClN2O3/c1-29-19-12-10-17(11-13-19)16-30-27-15-18(20-6-2-5-9-23(20)27)14-24(28)26-22-8-4-3-7-21(22)25/h2-13,15H,14,16H2,1H3,(H,26,28). The van der Waals surface area contributed by atoms with Gasteiger partial charge in [-0.2, -0.15) is 4.73 Å². The lowest BCUT2D eigenvalue weighted by atomic mass is 10.1. The van der Waals surface area contributed by atoms with E-state index in [1.165, 1.54) is 0 Å². The second kappa shape index (κ2) is 8.93. The number of amides is 1. The molecule has 0 radical (unpaired) electrons. The largest absolute Gasteiger partial charge is 0.497 e. The van der Waals surface area contributed by atoms with Crippen molar-refractivity contribution in [2.45, 2.75) is 13.0 Å². The Hall–Kier alpha value is -3.44. The summed E-state index contributed by atoms with van der Waals surface area (Å²) in [6.45, 7) is 0.397. The van der Waals surface area contributed by atoms with Crippen molar-refractivity contribution in [1.82, 2.24) is 4.73 Å². The summed E-state index contributed by atoms with van der Waals surface area (Å²) in [4.78, 5) is 18.6. The minimum atomic E-state index is -0.138. The summed E-state index contributed by atoms with van der Waals surface area (Å²) in [6.07, 6.45) is 2.07. The van der Waals surface area contributed by atoms with Gasteiger partial charge >= 0.3 is 0 Å². The fourth-order valence-electron chi connectivity index (χ4n) is 3.26. The number of nitrogens with zero attached hydrogens (tertiary/aromatic N) is 1. The number of aromatic nitrogens is 1. The van der Waals surface area contributed by atoms with Crippen LogP contribution < -0.4 is 14.9 Å². The summed E-state index contributed by atoms with van der Waals surface area (Å²) >= 11 is 6.14. The number of nitrogens with one attached hydrogen (secondary N) is 1. The van der Waals surface area contributed by atoms with E-state index in [1.54, 1.807) is 24.0 Å². The Morgan fingerprint density at radius 3 is 2.50 bits per heavy atom. The maximum Gasteiger partial charge on any atom is 0.228 e. The van der Waals surface area contributed by atoms with Crippen LogP contribution in [0.4, 0.5) is 5.69 Å². The lowest BCUT2D eigenvalue weighted by Crippen LogP contribution is -2.14. The van der Waals surface area contributed by atoms with Gasteiger partial charge in [-0.05, 0) is 41.5 Å². The number of carbonyl (C=O) groups excluding carboxylic acids is 1. The van der Waals surface area contributed by atoms with E-state index in [2.05, 4.69) is 5.32 Å². The lowest BCUT2D eigenvalue weighted by Gasteiger charge is -2.09. The molecule has 0 saturated carbocycles. The van der Waals surface area contributed by atoms with E-state index >= 15 is 0 Å². The van der Waals surface area contributed by atoms with E-state index in [-0.39, 0.29) is 12.3 Å². The quantitative estimate of drug-likeness (QED) is 0.452. The Labute approximate surface area is 179 Å². The second-order valence-electron chi connectivity index (χ2n) is 6.82. The van der Waals surface area contributed by atoms with E-state index in [9.17, 15) is 4.79 Å². The van der Waals surface area contributed by atoms with Crippen molar-refractivity contribution in [2.24, 2.45) is 0 Å². The Balaban J connectivity index is 1.51. The zero-order valence-electron chi connectivity index (χ0n) is 16.5. The zero-order valence-corrected chi connectivity index (χ0v) is 17.2. The van der Waals surface area contributed by atoms with Crippen LogP contribution in [0.25, 0.3) is 10.9 Å². The van der Waals surface area contributed by atoms with Gasteiger partial charge in [-0.15, -0.1) is 0 Å². The average molecular weight is 421 g/mol. The van der Waals surface area contributed by atoms with Crippen LogP contribution in [0.2, 0.25) is 5.02 Å². The summed E-state index contributed by atoms with van der Waals surface area (Å²) < 4.78 is 6.91. The van der Waals surface area contributed by atoms with Crippen molar-refractivity contribution in [3.8, 4) is 5.75 Å². The maximum absolute atomic E-state index is 12.6. The van der Waals surface area contributed by atoms with Crippen LogP contribution in [0.5, 0.6) is 5.75 Å². The highest BCUT2D eigenvalue weighted by Crippen LogP contribution is 2.24. The Morgan fingerprint density at radius 2 is 1.73 bits per heavy atom. The number of hydrogen-bond acceptors (Lipinski definition) is 3. The van der Waals surface area contributed by atoms with Crippen LogP contribution in [-0.4, -0.2) is 17.7 Å². The third kappa shape index (κ3) is 4.42. The average Bonchev–Trinajstić information content (AvgIpc) is 3.12. The Bertz CT molecular complexity index is 1170. The number of halogens is 1. The molecule has 152 valence electrons. The summed E-state index contributed by atoms with van der Waals surface area (Å²) in [5.41, 5.74) is 3.41. The SMILES string of the molecule is COc1ccc(COn2cc(CC(=O)Nc3ccccc3Cl)c3ccccc32)cc1. The summed E-state index contributed by atoms with van der Waals surface area (Å²) in [6, 6.07) is 22.8. The Morgan fingerprint density at radius 1 is 1.00 bits per heavy atom. The fourth-order valence-corrected chi connectivity index (χ4v) is 3.44. The van der Waals surface area contributed by atoms with Crippen LogP contribution in [0.15, 0.2) is 79.0 Å². The first-order chi connectivity index (χ1) is 14.6. The van der Waals surface area contributed by atoms with Crippen LogP contribution in [0, 0.1) is 0 Å². The molecular formula is C24H21ClN2O3. The van der Waals surface area contributed by atoms with Gasteiger partial charge in [-0.1, -0.05) is 54.1 Å². The molecule has 0 unspecified atom stereocenters. The van der Waals surface area contributed by atoms with Gasteiger partial charge in [0.25, 0.3) is 0 Å². The van der Waals surface area contributed by atoms with E-state index in [0.717, 1.165) is 27.8 Å². The van der Waals surface area contributed by atoms with Gasteiger partial charge in [0.15, 0.2) is 0 Å². The predicted molar refractivity (Wildman–Crippen MR) is 119 cm³/mol. The number of methoxy groups -OCH3 is 1.